The van der Waals surface area contributed by atoms with Crippen molar-refractivity contribution >= 4 is 6.09 Å². The minimum atomic E-state index is -2.48. The fourth-order valence-electron chi connectivity index (χ4n) is 2.75. The SMILES string of the molecule is CC(C)(C)OC(=O)NC1CN(Cc2ccccc2)CC1C(F)F. The summed E-state index contributed by atoms with van der Waals surface area (Å²) in [4.78, 5) is 13.8. The lowest BCUT2D eigenvalue weighted by atomic mass is 10.1. The predicted molar refractivity (Wildman–Crippen MR) is 84.4 cm³/mol. The van der Waals surface area contributed by atoms with Gasteiger partial charge >= 0.3 is 6.09 Å². The third-order valence-electron chi connectivity index (χ3n) is 3.72. The largest absolute Gasteiger partial charge is 0.444 e. The number of alkyl carbamates (subject to hydrolysis) is 1. The zero-order valence-corrected chi connectivity index (χ0v) is 13.8. The Bertz CT molecular complexity index is 517. The van der Waals surface area contributed by atoms with E-state index in [0.29, 0.717) is 13.1 Å². The second-order valence-electron chi connectivity index (χ2n) is 6.93. The minimum Gasteiger partial charge on any atom is -0.444 e. The van der Waals surface area contributed by atoms with E-state index in [1.54, 1.807) is 20.8 Å². The third kappa shape index (κ3) is 5.46. The Morgan fingerprint density at radius 2 is 1.96 bits per heavy atom. The minimum absolute atomic E-state index is 0.257. The molecule has 0 bridgehead atoms. The van der Waals surface area contributed by atoms with Crippen LogP contribution in [0.4, 0.5) is 13.6 Å². The van der Waals surface area contributed by atoms with Crippen molar-refractivity contribution in [3.63, 3.8) is 0 Å². The highest BCUT2D eigenvalue weighted by molar-refractivity contribution is 5.68. The summed E-state index contributed by atoms with van der Waals surface area (Å²) in [5.41, 5.74) is 0.422. The average molecular weight is 326 g/mol. The van der Waals surface area contributed by atoms with Gasteiger partial charge in [0.05, 0.1) is 12.0 Å². The van der Waals surface area contributed by atoms with Gasteiger partial charge in [0.2, 0.25) is 6.43 Å². The molecule has 1 aromatic carbocycles. The molecule has 0 spiro atoms. The lowest BCUT2D eigenvalue weighted by molar-refractivity contribution is 0.0407. The zero-order chi connectivity index (χ0) is 17.0. The second-order valence-corrected chi connectivity index (χ2v) is 6.93. The Morgan fingerprint density at radius 1 is 1.30 bits per heavy atom. The van der Waals surface area contributed by atoms with Gasteiger partial charge in [0, 0.05) is 19.6 Å². The summed E-state index contributed by atoms with van der Waals surface area (Å²) >= 11 is 0. The molecule has 0 saturated carbocycles. The van der Waals surface area contributed by atoms with Crippen molar-refractivity contribution in [1.82, 2.24) is 10.2 Å². The topological polar surface area (TPSA) is 41.6 Å². The quantitative estimate of drug-likeness (QED) is 0.923. The van der Waals surface area contributed by atoms with Crippen LogP contribution in [-0.2, 0) is 11.3 Å². The first-order chi connectivity index (χ1) is 10.7. The van der Waals surface area contributed by atoms with Crippen LogP contribution < -0.4 is 5.32 Å². The molecule has 2 unspecified atom stereocenters. The molecule has 1 N–H and O–H groups in total. The highest BCUT2D eigenvalue weighted by Crippen LogP contribution is 2.25. The van der Waals surface area contributed by atoms with Crippen LogP contribution in [0, 0.1) is 5.92 Å². The summed E-state index contributed by atoms with van der Waals surface area (Å²) in [7, 11) is 0. The summed E-state index contributed by atoms with van der Waals surface area (Å²) in [5.74, 6) is -0.883. The van der Waals surface area contributed by atoms with Crippen LogP contribution in [0.25, 0.3) is 0 Å². The number of alkyl halides is 2. The molecule has 1 fully saturated rings. The maximum Gasteiger partial charge on any atom is 0.407 e. The smallest absolute Gasteiger partial charge is 0.407 e. The van der Waals surface area contributed by atoms with E-state index in [0.717, 1.165) is 5.56 Å². The number of ether oxygens (including phenoxy) is 1. The van der Waals surface area contributed by atoms with Gasteiger partial charge in [-0.05, 0) is 26.3 Å². The van der Waals surface area contributed by atoms with Crippen LogP contribution in [0.5, 0.6) is 0 Å². The van der Waals surface area contributed by atoms with E-state index < -0.39 is 30.1 Å². The third-order valence-corrected chi connectivity index (χ3v) is 3.72. The molecule has 2 atom stereocenters. The molecule has 0 radical (unpaired) electrons. The molecule has 0 aromatic heterocycles. The van der Waals surface area contributed by atoms with Crippen molar-refractivity contribution in [3.8, 4) is 0 Å². The molecule has 128 valence electrons. The fraction of sp³-hybridized carbons (Fsp3) is 0.588. The number of nitrogens with zero attached hydrogens (tertiary/aromatic N) is 1. The van der Waals surface area contributed by atoms with Crippen molar-refractivity contribution in [2.75, 3.05) is 13.1 Å². The molecule has 4 nitrogen and oxygen atoms in total. The van der Waals surface area contributed by atoms with E-state index in [1.165, 1.54) is 0 Å². The molecule has 0 aliphatic carbocycles. The molecule has 1 aromatic rings. The van der Waals surface area contributed by atoms with Gasteiger partial charge in [-0.3, -0.25) is 4.90 Å². The normalized spacial score (nSPS) is 22.3. The number of nitrogens with one attached hydrogen (secondary N) is 1. The summed E-state index contributed by atoms with van der Waals surface area (Å²) in [6.07, 6.45) is -3.12. The number of hydrogen-bond acceptors (Lipinski definition) is 3. The second kappa shape index (κ2) is 7.25. The van der Waals surface area contributed by atoms with Gasteiger partial charge in [0.15, 0.2) is 0 Å². The molecule has 1 aliphatic rings. The first kappa shape index (κ1) is 17.7. The number of carbonyl (C=O) groups is 1. The predicted octanol–water partition coefficient (Wildman–Crippen LogP) is 3.28. The van der Waals surface area contributed by atoms with E-state index in [1.807, 2.05) is 35.2 Å². The Labute approximate surface area is 135 Å². The molecule has 2 rings (SSSR count). The monoisotopic (exact) mass is 326 g/mol. The van der Waals surface area contributed by atoms with Gasteiger partial charge in [-0.25, -0.2) is 13.6 Å². The number of likely N-dealkylation sites (tertiary alicyclic amines) is 1. The maximum atomic E-state index is 13.3. The number of halogens is 2. The number of amides is 1. The Kier molecular flexibility index (Phi) is 5.57. The maximum absolute atomic E-state index is 13.3. The average Bonchev–Trinajstić information content (AvgIpc) is 2.80. The van der Waals surface area contributed by atoms with Gasteiger partial charge < -0.3 is 10.1 Å². The molecule has 23 heavy (non-hydrogen) atoms. The lowest BCUT2D eigenvalue weighted by Gasteiger charge is -2.24. The number of hydrogen-bond donors (Lipinski definition) is 1. The van der Waals surface area contributed by atoms with Gasteiger partial charge in [0.25, 0.3) is 0 Å². The van der Waals surface area contributed by atoms with Gasteiger partial charge in [-0.15, -0.1) is 0 Å². The zero-order valence-electron chi connectivity index (χ0n) is 13.8. The molecule has 1 saturated heterocycles. The number of rotatable bonds is 4. The summed E-state index contributed by atoms with van der Waals surface area (Å²) < 4.78 is 31.7. The highest BCUT2D eigenvalue weighted by atomic mass is 19.3. The fourth-order valence-corrected chi connectivity index (χ4v) is 2.75. The lowest BCUT2D eigenvalue weighted by Crippen LogP contribution is -2.44. The molecule has 1 heterocycles. The first-order valence-electron chi connectivity index (χ1n) is 7.78. The van der Waals surface area contributed by atoms with Crippen LogP contribution in [0.15, 0.2) is 30.3 Å². The van der Waals surface area contributed by atoms with Gasteiger partial charge in [-0.2, -0.15) is 0 Å². The number of carbonyl (C=O) groups excluding carboxylic acids is 1. The highest BCUT2D eigenvalue weighted by Gasteiger charge is 2.40. The van der Waals surface area contributed by atoms with E-state index in [2.05, 4.69) is 5.32 Å². The molecule has 6 heteroatoms. The van der Waals surface area contributed by atoms with Crippen LogP contribution >= 0.6 is 0 Å². The van der Waals surface area contributed by atoms with E-state index in [4.69, 9.17) is 4.74 Å². The standard InChI is InChI=1S/C17H24F2N2O2/c1-17(2,3)23-16(22)20-14-11-21(10-13(14)15(18)19)9-12-7-5-4-6-8-12/h4-8,13-15H,9-11H2,1-3H3,(H,20,22). The first-order valence-corrected chi connectivity index (χ1v) is 7.78. The number of benzene rings is 1. The summed E-state index contributed by atoms with van der Waals surface area (Å²) in [5, 5.41) is 2.60. The van der Waals surface area contributed by atoms with E-state index >= 15 is 0 Å². The summed E-state index contributed by atoms with van der Waals surface area (Å²) in [6, 6.07) is 9.09. The Balaban J connectivity index is 1.96. The van der Waals surface area contributed by atoms with Crippen molar-refractivity contribution in [2.45, 2.75) is 45.4 Å². The Morgan fingerprint density at radius 3 is 2.52 bits per heavy atom. The van der Waals surface area contributed by atoms with Crippen LogP contribution in [0.1, 0.15) is 26.3 Å². The molecule has 1 amide bonds. The molecular weight excluding hydrogens is 302 g/mol. The van der Waals surface area contributed by atoms with Crippen LogP contribution in [0.3, 0.4) is 0 Å². The van der Waals surface area contributed by atoms with Crippen molar-refractivity contribution in [2.24, 2.45) is 5.92 Å². The summed E-state index contributed by atoms with van der Waals surface area (Å²) in [6.45, 7) is 6.47. The van der Waals surface area contributed by atoms with Crippen LogP contribution in [0.2, 0.25) is 0 Å². The molecular formula is C17H24F2N2O2. The van der Waals surface area contributed by atoms with E-state index in [-0.39, 0.29) is 6.54 Å². The molecule has 1 aliphatic heterocycles. The van der Waals surface area contributed by atoms with Gasteiger partial charge in [0.1, 0.15) is 5.60 Å². The van der Waals surface area contributed by atoms with Crippen molar-refractivity contribution in [1.29, 1.82) is 0 Å². The van der Waals surface area contributed by atoms with E-state index in [9.17, 15) is 13.6 Å². The van der Waals surface area contributed by atoms with Crippen LogP contribution in [-0.4, -0.2) is 42.2 Å². The van der Waals surface area contributed by atoms with Crippen molar-refractivity contribution < 1.29 is 18.3 Å². The Hall–Kier alpha value is -1.69. The van der Waals surface area contributed by atoms with Crippen molar-refractivity contribution in [3.05, 3.63) is 35.9 Å². The van der Waals surface area contributed by atoms with Gasteiger partial charge in [-0.1, -0.05) is 30.3 Å².